The van der Waals surface area contributed by atoms with E-state index in [1.807, 2.05) is 6.07 Å². The summed E-state index contributed by atoms with van der Waals surface area (Å²) in [6.45, 7) is 0.319. The van der Waals surface area contributed by atoms with Crippen LogP contribution in [0.15, 0.2) is 22.8 Å². The molecule has 0 spiro atoms. The third kappa shape index (κ3) is 1.94. The highest BCUT2D eigenvalue weighted by Gasteiger charge is 2.41. The van der Waals surface area contributed by atoms with Crippen LogP contribution in [0.4, 0.5) is 0 Å². The molecule has 0 amide bonds. The van der Waals surface area contributed by atoms with Crippen LogP contribution in [0.2, 0.25) is 0 Å². The van der Waals surface area contributed by atoms with Gasteiger partial charge in [0, 0.05) is 6.54 Å². The van der Waals surface area contributed by atoms with E-state index in [0.29, 0.717) is 18.7 Å². The van der Waals surface area contributed by atoms with Crippen LogP contribution in [-0.2, 0) is 15.3 Å². The number of hydrogen-bond acceptors (Lipinski definition) is 4. The van der Waals surface area contributed by atoms with Gasteiger partial charge in [-0.25, -0.2) is 8.42 Å². The van der Waals surface area contributed by atoms with E-state index < -0.39 is 15.3 Å². The molecule has 0 aromatic carbocycles. The van der Waals surface area contributed by atoms with E-state index in [9.17, 15) is 8.42 Å². The van der Waals surface area contributed by atoms with Crippen LogP contribution in [0.1, 0.15) is 18.6 Å². The van der Waals surface area contributed by atoms with Gasteiger partial charge >= 0.3 is 0 Å². The Morgan fingerprint density at radius 3 is 2.87 bits per heavy atom. The van der Waals surface area contributed by atoms with Gasteiger partial charge in [-0.05, 0) is 25.0 Å². The van der Waals surface area contributed by atoms with E-state index in [4.69, 9.17) is 10.2 Å². The number of hydrogen-bond donors (Lipinski definition) is 1. The van der Waals surface area contributed by atoms with Gasteiger partial charge in [-0.15, -0.1) is 0 Å². The molecule has 84 valence electrons. The summed E-state index contributed by atoms with van der Waals surface area (Å²) in [5, 5.41) is 0. The lowest BCUT2D eigenvalue weighted by Gasteiger charge is -2.33. The first-order chi connectivity index (χ1) is 7.08. The molecule has 0 aliphatic carbocycles. The second kappa shape index (κ2) is 3.64. The largest absolute Gasteiger partial charge is 0.469 e. The van der Waals surface area contributed by atoms with Crippen molar-refractivity contribution in [3.63, 3.8) is 0 Å². The van der Waals surface area contributed by atoms with Crippen LogP contribution >= 0.6 is 0 Å². The highest BCUT2D eigenvalue weighted by atomic mass is 32.2. The zero-order valence-corrected chi connectivity index (χ0v) is 9.29. The first-order valence-electron chi connectivity index (χ1n) is 5.02. The standard InChI is InChI=1S/C10H15NO3S/c11-7-10(9-3-1-5-14-9)4-2-6-15(12,13)8-10/h1,3,5H,2,4,6-8,11H2. The van der Waals surface area contributed by atoms with Crippen molar-refractivity contribution in [1.82, 2.24) is 0 Å². The molecule has 1 aliphatic heterocycles. The average molecular weight is 229 g/mol. The Bertz CT molecular complexity index is 424. The van der Waals surface area contributed by atoms with E-state index in [1.165, 1.54) is 0 Å². The maximum absolute atomic E-state index is 11.6. The molecule has 1 aliphatic rings. The van der Waals surface area contributed by atoms with Crippen molar-refractivity contribution >= 4 is 9.84 Å². The fourth-order valence-electron chi connectivity index (χ4n) is 2.23. The molecule has 1 aromatic heterocycles. The van der Waals surface area contributed by atoms with Crippen LogP contribution in [0.25, 0.3) is 0 Å². The summed E-state index contributed by atoms with van der Waals surface area (Å²) in [5.74, 6) is 1.09. The molecule has 15 heavy (non-hydrogen) atoms. The minimum Gasteiger partial charge on any atom is -0.469 e. The minimum atomic E-state index is -2.97. The van der Waals surface area contributed by atoms with Crippen LogP contribution in [0.3, 0.4) is 0 Å². The van der Waals surface area contributed by atoms with Gasteiger partial charge in [0.05, 0.1) is 23.2 Å². The van der Waals surface area contributed by atoms with Crippen molar-refractivity contribution in [3.8, 4) is 0 Å². The topological polar surface area (TPSA) is 73.3 Å². The van der Waals surface area contributed by atoms with Crippen molar-refractivity contribution in [2.24, 2.45) is 5.73 Å². The Labute approximate surface area is 89.4 Å². The lowest BCUT2D eigenvalue weighted by Crippen LogP contribution is -2.45. The summed E-state index contributed by atoms with van der Waals surface area (Å²) < 4.78 is 28.6. The molecule has 1 fully saturated rings. The monoisotopic (exact) mass is 229 g/mol. The molecule has 1 aromatic rings. The van der Waals surface area contributed by atoms with E-state index in [0.717, 1.165) is 6.42 Å². The second-order valence-electron chi connectivity index (χ2n) is 4.16. The maximum Gasteiger partial charge on any atom is 0.151 e. The third-order valence-corrected chi connectivity index (χ3v) is 4.94. The normalized spacial score (nSPS) is 30.2. The van der Waals surface area contributed by atoms with Gasteiger partial charge in [-0.1, -0.05) is 0 Å². The van der Waals surface area contributed by atoms with E-state index in [2.05, 4.69) is 0 Å². The first-order valence-corrected chi connectivity index (χ1v) is 6.85. The van der Waals surface area contributed by atoms with E-state index >= 15 is 0 Å². The molecule has 2 N–H and O–H groups in total. The SMILES string of the molecule is NCC1(c2ccco2)CCCS(=O)(=O)C1. The summed E-state index contributed by atoms with van der Waals surface area (Å²) in [6, 6.07) is 3.58. The Balaban J connectivity index is 2.38. The van der Waals surface area contributed by atoms with Crippen molar-refractivity contribution in [2.75, 3.05) is 18.1 Å². The third-order valence-electron chi connectivity index (χ3n) is 3.04. The van der Waals surface area contributed by atoms with Crippen molar-refractivity contribution in [3.05, 3.63) is 24.2 Å². The molecule has 4 nitrogen and oxygen atoms in total. The first kappa shape index (κ1) is 10.7. The fraction of sp³-hybridized carbons (Fsp3) is 0.600. The Hall–Kier alpha value is -0.810. The summed E-state index contributed by atoms with van der Waals surface area (Å²) in [5.41, 5.74) is 5.23. The van der Waals surface area contributed by atoms with Gasteiger partial charge < -0.3 is 10.2 Å². The van der Waals surface area contributed by atoms with Gasteiger partial charge in [0.25, 0.3) is 0 Å². The number of furan rings is 1. The van der Waals surface area contributed by atoms with Gasteiger partial charge in [0.1, 0.15) is 5.76 Å². The van der Waals surface area contributed by atoms with Gasteiger partial charge in [0.2, 0.25) is 0 Å². The highest BCUT2D eigenvalue weighted by molar-refractivity contribution is 7.91. The zero-order valence-electron chi connectivity index (χ0n) is 8.48. The number of sulfone groups is 1. The summed E-state index contributed by atoms with van der Waals surface area (Å²) in [6.07, 6.45) is 3.02. The summed E-state index contributed by atoms with van der Waals surface area (Å²) in [4.78, 5) is 0. The summed E-state index contributed by atoms with van der Waals surface area (Å²) in [7, 11) is -2.97. The smallest absolute Gasteiger partial charge is 0.151 e. The molecule has 1 saturated heterocycles. The summed E-state index contributed by atoms with van der Waals surface area (Å²) >= 11 is 0. The predicted octanol–water partition coefficient (Wildman–Crippen LogP) is 0.685. The number of nitrogens with two attached hydrogens (primary N) is 1. The van der Waals surface area contributed by atoms with Gasteiger partial charge in [0.15, 0.2) is 9.84 Å². The molecular formula is C10H15NO3S. The fourth-order valence-corrected chi connectivity index (χ4v) is 4.21. The minimum absolute atomic E-state index is 0.115. The molecule has 2 heterocycles. The Morgan fingerprint density at radius 2 is 2.33 bits per heavy atom. The van der Waals surface area contributed by atoms with Crippen LogP contribution in [0, 0.1) is 0 Å². The van der Waals surface area contributed by atoms with Gasteiger partial charge in [-0.2, -0.15) is 0 Å². The molecule has 2 rings (SSSR count). The molecule has 0 radical (unpaired) electrons. The van der Waals surface area contributed by atoms with Gasteiger partial charge in [-0.3, -0.25) is 0 Å². The quantitative estimate of drug-likeness (QED) is 0.809. The van der Waals surface area contributed by atoms with Crippen LogP contribution in [0.5, 0.6) is 0 Å². The molecule has 1 unspecified atom stereocenters. The zero-order chi connectivity index (χ0) is 10.9. The molecular weight excluding hydrogens is 214 g/mol. The Morgan fingerprint density at radius 1 is 1.53 bits per heavy atom. The van der Waals surface area contributed by atoms with Crippen molar-refractivity contribution in [2.45, 2.75) is 18.3 Å². The van der Waals surface area contributed by atoms with Crippen molar-refractivity contribution < 1.29 is 12.8 Å². The lowest BCUT2D eigenvalue weighted by atomic mass is 9.82. The second-order valence-corrected chi connectivity index (χ2v) is 6.34. The number of rotatable bonds is 2. The maximum atomic E-state index is 11.6. The van der Waals surface area contributed by atoms with Crippen LogP contribution < -0.4 is 5.73 Å². The average Bonchev–Trinajstić information content (AvgIpc) is 2.69. The van der Waals surface area contributed by atoms with E-state index in [-0.39, 0.29) is 11.5 Å². The molecule has 1 atom stereocenters. The molecule has 0 bridgehead atoms. The predicted molar refractivity (Wildman–Crippen MR) is 57.3 cm³/mol. The van der Waals surface area contributed by atoms with Crippen molar-refractivity contribution in [1.29, 1.82) is 0 Å². The molecule has 0 saturated carbocycles. The van der Waals surface area contributed by atoms with E-state index in [1.54, 1.807) is 12.3 Å². The van der Waals surface area contributed by atoms with Crippen LogP contribution in [-0.4, -0.2) is 26.5 Å². The highest BCUT2D eigenvalue weighted by Crippen LogP contribution is 2.34. The lowest BCUT2D eigenvalue weighted by molar-refractivity contribution is 0.335. The molecule has 5 heteroatoms. The Kier molecular flexibility index (Phi) is 2.60.